The first-order chi connectivity index (χ1) is 14.3. The van der Waals surface area contributed by atoms with E-state index < -0.39 is 17.4 Å². The molecule has 9 heteroatoms. The molecule has 30 heavy (non-hydrogen) atoms. The Morgan fingerprint density at radius 2 is 1.90 bits per heavy atom. The highest BCUT2D eigenvalue weighted by atomic mass is 19.3. The number of halogens is 2. The highest BCUT2D eigenvalue weighted by Crippen LogP contribution is 2.52. The Morgan fingerprint density at radius 3 is 2.53 bits per heavy atom. The molecule has 0 radical (unpaired) electrons. The first-order valence-electron chi connectivity index (χ1n) is 10.2. The molecule has 1 atom stereocenters. The van der Waals surface area contributed by atoms with Gasteiger partial charge in [-0.25, -0.2) is 13.8 Å². The van der Waals surface area contributed by atoms with Crippen LogP contribution in [-0.2, 0) is 13.6 Å². The Hall–Kier alpha value is -2.68. The van der Waals surface area contributed by atoms with Gasteiger partial charge in [-0.15, -0.1) is 0 Å². The number of hydrogen-bond acceptors (Lipinski definition) is 6. The second-order valence-electron chi connectivity index (χ2n) is 8.69. The largest absolute Gasteiger partial charge is 0.342 e. The number of aliphatic imine (C=N–C) groups is 1. The number of pyridine rings is 1. The maximum absolute atomic E-state index is 13.9. The predicted molar refractivity (Wildman–Crippen MR) is 109 cm³/mol. The lowest BCUT2D eigenvalue weighted by Gasteiger charge is -2.42. The molecule has 1 spiro atoms. The number of alkyl halides is 2. The van der Waals surface area contributed by atoms with E-state index in [4.69, 9.17) is 10.7 Å². The fourth-order valence-electron chi connectivity index (χ4n) is 5.20. The molecule has 0 amide bonds. The third-order valence-corrected chi connectivity index (χ3v) is 6.88. The van der Waals surface area contributed by atoms with Crippen LogP contribution in [0.2, 0.25) is 0 Å². The molecule has 2 aromatic heterocycles. The van der Waals surface area contributed by atoms with Gasteiger partial charge in [0.2, 0.25) is 11.9 Å². The molecule has 3 aliphatic rings. The van der Waals surface area contributed by atoms with E-state index in [1.54, 1.807) is 24.0 Å². The first kappa shape index (κ1) is 19.3. The van der Waals surface area contributed by atoms with Gasteiger partial charge in [-0.1, -0.05) is 0 Å². The molecule has 1 saturated heterocycles. The minimum absolute atomic E-state index is 0.144. The Morgan fingerprint density at radius 1 is 1.20 bits per heavy atom. The highest BCUT2D eigenvalue weighted by molar-refractivity contribution is 6.14. The lowest BCUT2D eigenvalue weighted by atomic mass is 9.74. The van der Waals surface area contributed by atoms with Gasteiger partial charge in [0.1, 0.15) is 0 Å². The Bertz CT molecular complexity index is 1070. The SMILES string of the molecule is Cn1c(N2CCC3(CC2)CC(F)(F)C[C@H]3N)nc2c(c1=O)C(c1ccncc1)=NC2. The fraction of sp³-hybridized carbons (Fsp3) is 0.524. The normalized spacial score (nSPS) is 24.2. The summed E-state index contributed by atoms with van der Waals surface area (Å²) < 4.78 is 29.4. The zero-order chi connectivity index (χ0) is 21.1. The van der Waals surface area contributed by atoms with Crippen molar-refractivity contribution in [2.75, 3.05) is 18.0 Å². The third-order valence-electron chi connectivity index (χ3n) is 6.88. The van der Waals surface area contributed by atoms with Crippen LogP contribution in [0.5, 0.6) is 0 Å². The zero-order valence-electron chi connectivity index (χ0n) is 16.8. The second-order valence-corrected chi connectivity index (χ2v) is 8.69. The number of aromatic nitrogens is 3. The number of hydrogen-bond donors (Lipinski definition) is 1. The minimum Gasteiger partial charge on any atom is -0.342 e. The molecule has 2 fully saturated rings. The van der Waals surface area contributed by atoms with Gasteiger partial charge in [0.05, 0.1) is 23.5 Å². The summed E-state index contributed by atoms with van der Waals surface area (Å²) in [5.41, 5.74) is 8.11. The summed E-state index contributed by atoms with van der Waals surface area (Å²) in [5, 5.41) is 0. The Balaban J connectivity index is 1.42. The molecule has 4 heterocycles. The number of nitrogens with zero attached hydrogens (tertiary/aromatic N) is 5. The zero-order valence-corrected chi connectivity index (χ0v) is 16.8. The second kappa shape index (κ2) is 6.66. The molecule has 158 valence electrons. The maximum atomic E-state index is 13.9. The number of fused-ring (bicyclic) bond motifs is 1. The van der Waals surface area contributed by atoms with Crippen molar-refractivity contribution in [2.45, 2.75) is 44.2 Å². The molecular formula is C21H24F2N6O. The van der Waals surface area contributed by atoms with Crippen LogP contribution in [0.25, 0.3) is 0 Å². The van der Waals surface area contributed by atoms with E-state index in [9.17, 15) is 13.6 Å². The smallest absolute Gasteiger partial charge is 0.264 e. The van der Waals surface area contributed by atoms with Gasteiger partial charge in [0, 0.05) is 57.0 Å². The summed E-state index contributed by atoms with van der Waals surface area (Å²) in [4.78, 5) is 28.5. The molecule has 1 saturated carbocycles. The summed E-state index contributed by atoms with van der Waals surface area (Å²) in [6.07, 6.45) is 4.11. The number of rotatable bonds is 2. The summed E-state index contributed by atoms with van der Waals surface area (Å²) in [5.74, 6) is -2.11. The standard InChI is InChI=1S/C21H24F2N6O/c1-28-18(30)16-14(11-26-17(16)13-2-6-25-7-3-13)27-19(28)29-8-4-20(5-9-29)12-21(22,23)10-15(20)24/h2-3,6-7,15H,4-5,8-12,24H2,1H3/t15-/m1/s1. The van der Waals surface area contributed by atoms with Crippen molar-refractivity contribution in [1.82, 2.24) is 14.5 Å². The van der Waals surface area contributed by atoms with E-state index in [0.717, 1.165) is 5.56 Å². The van der Waals surface area contributed by atoms with Crippen molar-refractivity contribution in [2.24, 2.45) is 23.2 Å². The maximum Gasteiger partial charge on any atom is 0.264 e. The molecule has 0 aromatic carbocycles. The molecule has 0 bridgehead atoms. The van der Waals surface area contributed by atoms with Crippen LogP contribution in [0.15, 0.2) is 34.3 Å². The Kier molecular flexibility index (Phi) is 4.29. The van der Waals surface area contributed by atoms with Crippen molar-refractivity contribution in [3.63, 3.8) is 0 Å². The summed E-state index contributed by atoms with van der Waals surface area (Å²) in [6, 6.07) is 3.17. The molecule has 0 unspecified atom stereocenters. The van der Waals surface area contributed by atoms with E-state index in [1.165, 1.54) is 0 Å². The molecule has 2 aliphatic heterocycles. The molecular weight excluding hydrogens is 390 g/mol. The molecule has 7 nitrogen and oxygen atoms in total. The van der Waals surface area contributed by atoms with E-state index in [1.807, 2.05) is 17.0 Å². The van der Waals surface area contributed by atoms with Crippen LogP contribution in [0.1, 0.15) is 42.5 Å². The lowest BCUT2D eigenvalue weighted by Crippen LogP contribution is -2.48. The van der Waals surface area contributed by atoms with Crippen molar-refractivity contribution < 1.29 is 8.78 Å². The van der Waals surface area contributed by atoms with E-state index in [2.05, 4.69) is 9.98 Å². The van der Waals surface area contributed by atoms with Crippen molar-refractivity contribution in [3.8, 4) is 0 Å². The van der Waals surface area contributed by atoms with Crippen LogP contribution >= 0.6 is 0 Å². The van der Waals surface area contributed by atoms with E-state index in [0.29, 0.717) is 55.4 Å². The average molecular weight is 414 g/mol. The van der Waals surface area contributed by atoms with Gasteiger partial charge < -0.3 is 10.6 Å². The van der Waals surface area contributed by atoms with Gasteiger partial charge in [-0.3, -0.25) is 19.3 Å². The van der Waals surface area contributed by atoms with E-state index in [-0.39, 0.29) is 18.4 Å². The minimum atomic E-state index is -2.68. The summed E-state index contributed by atoms with van der Waals surface area (Å²) in [6.45, 7) is 1.47. The summed E-state index contributed by atoms with van der Waals surface area (Å²) >= 11 is 0. The van der Waals surface area contributed by atoms with Crippen LogP contribution < -0.4 is 16.2 Å². The van der Waals surface area contributed by atoms with Crippen LogP contribution in [0, 0.1) is 5.41 Å². The molecule has 2 aromatic rings. The number of anilines is 1. The van der Waals surface area contributed by atoms with Crippen LogP contribution in [0.3, 0.4) is 0 Å². The lowest BCUT2D eigenvalue weighted by molar-refractivity contribution is -0.00686. The van der Waals surface area contributed by atoms with Crippen molar-refractivity contribution >= 4 is 11.7 Å². The Labute approximate surface area is 172 Å². The topological polar surface area (TPSA) is 89.4 Å². The third kappa shape index (κ3) is 2.94. The first-order valence-corrected chi connectivity index (χ1v) is 10.2. The van der Waals surface area contributed by atoms with Crippen molar-refractivity contribution in [3.05, 3.63) is 51.7 Å². The quantitative estimate of drug-likeness (QED) is 0.810. The van der Waals surface area contributed by atoms with Gasteiger partial charge in [-0.2, -0.15) is 0 Å². The van der Waals surface area contributed by atoms with Gasteiger partial charge >= 0.3 is 0 Å². The molecule has 5 rings (SSSR count). The average Bonchev–Trinajstić information content (AvgIpc) is 3.24. The van der Waals surface area contributed by atoms with Crippen LogP contribution in [0.4, 0.5) is 14.7 Å². The number of piperidine rings is 1. The summed E-state index contributed by atoms with van der Waals surface area (Å²) in [7, 11) is 1.70. The fourth-order valence-corrected chi connectivity index (χ4v) is 5.20. The van der Waals surface area contributed by atoms with Gasteiger partial charge in [0.25, 0.3) is 5.56 Å². The van der Waals surface area contributed by atoms with Crippen molar-refractivity contribution in [1.29, 1.82) is 0 Å². The van der Waals surface area contributed by atoms with Crippen LogP contribution in [-0.4, -0.2) is 45.3 Å². The molecule has 1 aliphatic carbocycles. The monoisotopic (exact) mass is 414 g/mol. The predicted octanol–water partition coefficient (Wildman–Crippen LogP) is 1.87. The molecule has 2 N–H and O–H groups in total. The highest BCUT2D eigenvalue weighted by Gasteiger charge is 2.55. The number of nitrogens with two attached hydrogens (primary N) is 1. The van der Waals surface area contributed by atoms with Gasteiger partial charge in [0.15, 0.2) is 0 Å². The van der Waals surface area contributed by atoms with E-state index >= 15 is 0 Å². The van der Waals surface area contributed by atoms with Gasteiger partial charge in [-0.05, 0) is 30.4 Å².